The number of rotatable bonds is 6. The van der Waals surface area contributed by atoms with Crippen LogP contribution in [0.1, 0.15) is 30.2 Å². The third-order valence-corrected chi connectivity index (χ3v) is 10.2. The number of halogens is 2. The standard InChI is InChI=1S/C23H23Cl2N5O3S2/c24-23(25)11-7-16(8-12-23)22(31)26-15-18-5-6-21(34-18)35(32,33)29-13-9-17(10-14-29)30-20-4-2-1-3-19(20)27-28-30/h1-8,11,17H,9-10,12-15H2,(H,26,31). The number of sulfonamides is 1. The molecular weight excluding hydrogens is 529 g/mol. The molecule has 1 saturated heterocycles. The van der Waals surface area contributed by atoms with Gasteiger partial charge in [-0.25, -0.2) is 13.1 Å². The van der Waals surface area contributed by atoms with E-state index < -0.39 is 14.4 Å². The Morgan fingerprint density at radius 3 is 2.69 bits per heavy atom. The molecule has 0 spiro atoms. The Morgan fingerprint density at radius 1 is 1.17 bits per heavy atom. The first-order chi connectivity index (χ1) is 16.7. The summed E-state index contributed by atoms with van der Waals surface area (Å²) in [7, 11) is -3.61. The molecule has 12 heteroatoms. The number of aromatic nitrogens is 3. The van der Waals surface area contributed by atoms with Gasteiger partial charge in [-0.3, -0.25) is 4.79 Å². The van der Waals surface area contributed by atoms with E-state index in [1.807, 2.05) is 28.9 Å². The number of fused-ring (bicyclic) bond motifs is 1. The van der Waals surface area contributed by atoms with E-state index in [4.69, 9.17) is 23.2 Å². The monoisotopic (exact) mass is 551 g/mol. The van der Waals surface area contributed by atoms with Crippen LogP contribution in [-0.2, 0) is 21.4 Å². The molecule has 0 saturated carbocycles. The minimum Gasteiger partial charge on any atom is -0.347 e. The van der Waals surface area contributed by atoms with E-state index in [9.17, 15) is 13.2 Å². The van der Waals surface area contributed by atoms with Crippen LogP contribution in [0.4, 0.5) is 0 Å². The molecule has 1 amide bonds. The highest BCUT2D eigenvalue weighted by atomic mass is 35.5. The maximum atomic E-state index is 13.2. The predicted octanol–water partition coefficient (Wildman–Crippen LogP) is 4.20. The van der Waals surface area contributed by atoms with Gasteiger partial charge in [0.05, 0.1) is 18.1 Å². The van der Waals surface area contributed by atoms with E-state index in [1.165, 1.54) is 15.6 Å². The number of carbonyl (C=O) groups excluding carboxylic acids is 1. The fraction of sp³-hybridized carbons (Fsp3) is 0.348. The molecule has 0 bridgehead atoms. The first-order valence-electron chi connectivity index (χ1n) is 11.2. The van der Waals surface area contributed by atoms with Gasteiger partial charge in [-0.05, 0) is 43.2 Å². The summed E-state index contributed by atoms with van der Waals surface area (Å²) in [4.78, 5) is 13.1. The lowest BCUT2D eigenvalue weighted by atomic mass is 10.1. The fourth-order valence-corrected chi connectivity index (χ4v) is 7.43. The number of piperidine rings is 1. The van der Waals surface area contributed by atoms with Gasteiger partial charge in [-0.2, -0.15) is 4.31 Å². The van der Waals surface area contributed by atoms with Crippen LogP contribution in [0, 0.1) is 0 Å². The van der Waals surface area contributed by atoms with Crippen LogP contribution in [0.25, 0.3) is 11.0 Å². The molecule has 1 N–H and O–H groups in total. The summed E-state index contributed by atoms with van der Waals surface area (Å²) in [6.07, 6.45) is 6.53. The quantitative estimate of drug-likeness (QED) is 0.463. The van der Waals surface area contributed by atoms with Gasteiger partial charge in [-0.15, -0.1) is 16.4 Å². The minimum absolute atomic E-state index is 0.105. The van der Waals surface area contributed by atoms with E-state index >= 15 is 0 Å². The molecule has 1 fully saturated rings. The number of allylic oxidation sites excluding steroid dienone is 2. The van der Waals surface area contributed by atoms with Crippen LogP contribution in [-0.4, -0.2) is 51.0 Å². The number of nitrogens with one attached hydrogen (secondary N) is 1. The molecule has 1 aromatic carbocycles. The zero-order valence-electron chi connectivity index (χ0n) is 18.6. The van der Waals surface area contributed by atoms with Crippen molar-refractivity contribution in [3.63, 3.8) is 0 Å². The number of carbonyl (C=O) groups is 1. The van der Waals surface area contributed by atoms with Crippen LogP contribution in [0.15, 0.2) is 64.4 Å². The Labute approximate surface area is 217 Å². The molecule has 8 nitrogen and oxygen atoms in total. The van der Waals surface area contributed by atoms with Crippen LogP contribution in [0.3, 0.4) is 0 Å². The van der Waals surface area contributed by atoms with Crippen molar-refractivity contribution < 1.29 is 13.2 Å². The van der Waals surface area contributed by atoms with Gasteiger partial charge in [0.1, 0.15) is 14.1 Å². The summed E-state index contributed by atoms with van der Waals surface area (Å²) in [6, 6.07) is 11.2. The Hall–Kier alpha value is -2.24. The molecule has 1 aliphatic heterocycles. The van der Waals surface area contributed by atoms with E-state index in [0.29, 0.717) is 37.9 Å². The third-order valence-electron chi connectivity index (χ3n) is 6.16. The normalized spacial score (nSPS) is 19.1. The Morgan fingerprint density at radius 2 is 1.94 bits per heavy atom. The van der Waals surface area contributed by atoms with Gasteiger partial charge >= 0.3 is 0 Å². The van der Waals surface area contributed by atoms with Crippen LogP contribution >= 0.6 is 34.5 Å². The van der Waals surface area contributed by atoms with Crippen molar-refractivity contribution in [2.75, 3.05) is 13.1 Å². The Balaban J connectivity index is 1.19. The smallest absolute Gasteiger partial charge is 0.252 e. The van der Waals surface area contributed by atoms with Crippen molar-refractivity contribution >= 4 is 61.5 Å². The maximum absolute atomic E-state index is 13.2. The second kappa shape index (κ2) is 9.67. The lowest BCUT2D eigenvalue weighted by Gasteiger charge is -2.30. The van der Waals surface area contributed by atoms with Crippen LogP contribution in [0.5, 0.6) is 0 Å². The zero-order chi connectivity index (χ0) is 24.6. The van der Waals surface area contributed by atoms with Crippen molar-refractivity contribution in [3.05, 3.63) is 65.1 Å². The second-order valence-corrected chi connectivity index (χ2v) is 13.4. The van der Waals surface area contributed by atoms with Crippen molar-refractivity contribution in [2.45, 2.75) is 40.4 Å². The highest BCUT2D eigenvalue weighted by Crippen LogP contribution is 2.33. The largest absolute Gasteiger partial charge is 0.347 e. The number of thiophene rings is 1. The molecular formula is C23H23Cl2N5O3S2. The first-order valence-corrected chi connectivity index (χ1v) is 14.2. The van der Waals surface area contributed by atoms with Crippen LogP contribution < -0.4 is 5.32 Å². The van der Waals surface area contributed by atoms with Crippen molar-refractivity contribution in [2.24, 2.45) is 0 Å². The minimum atomic E-state index is -3.61. The summed E-state index contributed by atoms with van der Waals surface area (Å²) in [5.74, 6) is -0.259. The second-order valence-electron chi connectivity index (χ2n) is 8.52. The molecule has 0 radical (unpaired) electrons. The van der Waals surface area contributed by atoms with E-state index in [2.05, 4.69) is 15.6 Å². The molecule has 184 valence electrons. The summed E-state index contributed by atoms with van der Waals surface area (Å²) in [5.41, 5.74) is 2.28. The van der Waals surface area contributed by atoms with Gasteiger partial charge in [0, 0.05) is 30.0 Å². The summed E-state index contributed by atoms with van der Waals surface area (Å²) >= 11 is 13.2. The van der Waals surface area contributed by atoms with E-state index in [0.717, 1.165) is 15.9 Å². The number of amides is 1. The topological polar surface area (TPSA) is 97.2 Å². The van der Waals surface area contributed by atoms with Gasteiger partial charge in [0.25, 0.3) is 15.9 Å². The van der Waals surface area contributed by atoms with Crippen molar-refractivity contribution in [1.82, 2.24) is 24.6 Å². The average Bonchev–Trinajstić information content (AvgIpc) is 3.50. The highest BCUT2D eigenvalue weighted by molar-refractivity contribution is 7.91. The SMILES string of the molecule is O=C(NCc1ccc(S(=O)(=O)N2CCC(n3nnc4ccccc43)CC2)s1)C1=CCC(Cl)(Cl)C=C1. The number of nitrogens with zero attached hydrogens (tertiary/aromatic N) is 4. The lowest BCUT2D eigenvalue weighted by Crippen LogP contribution is -2.38. The maximum Gasteiger partial charge on any atom is 0.252 e. The van der Waals surface area contributed by atoms with Gasteiger partial charge in [0.15, 0.2) is 0 Å². The number of hydrogen-bond acceptors (Lipinski definition) is 6. The number of hydrogen-bond donors (Lipinski definition) is 1. The number of benzene rings is 1. The molecule has 1 aliphatic carbocycles. The summed E-state index contributed by atoms with van der Waals surface area (Å²) in [5, 5.41) is 11.3. The van der Waals surface area contributed by atoms with Crippen LogP contribution in [0.2, 0.25) is 0 Å². The number of alkyl halides is 2. The molecule has 35 heavy (non-hydrogen) atoms. The van der Waals surface area contributed by atoms with Gasteiger partial charge in [0.2, 0.25) is 0 Å². The fourth-order valence-electron chi connectivity index (χ4n) is 4.23. The molecule has 5 rings (SSSR count). The average molecular weight is 553 g/mol. The molecule has 0 unspecified atom stereocenters. The van der Waals surface area contributed by atoms with E-state index in [-0.39, 0.29) is 22.7 Å². The molecule has 2 aromatic heterocycles. The molecule has 0 atom stereocenters. The highest BCUT2D eigenvalue weighted by Gasteiger charge is 2.32. The molecule has 2 aliphatic rings. The number of para-hydroxylation sites is 1. The van der Waals surface area contributed by atoms with Crippen molar-refractivity contribution in [1.29, 1.82) is 0 Å². The Kier molecular flexibility index (Phi) is 6.75. The van der Waals surface area contributed by atoms with E-state index in [1.54, 1.807) is 30.4 Å². The molecule has 3 aromatic rings. The predicted molar refractivity (Wildman–Crippen MR) is 137 cm³/mol. The Bertz CT molecular complexity index is 1420. The lowest BCUT2D eigenvalue weighted by molar-refractivity contribution is -0.117. The van der Waals surface area contributed by atoms with Crippen molar-refractivity contribution in [3.8, 4) is 0 Å². The summed E-state index contributed by atoms with van der Waals surface area (Å²) in [6.45, 7) is 1.06. The van der Waals surface area contributed by atoms with Gasteiger partial charge in [-0.1, -0.05) is 52.7 Å². The third kappa shape index (κ3) is 5.17. The zero-order valence-corrected chi connectivity index (χ0v) is 21.7. The van der Waals surface area contributed by atoms with Gasteiger partial charge < -0.3 is 5.32 Å². The molecule has 3 heterocycles. The first kappa shape index (κ1) is 24.5. The summed E-state index contributed by atoms with van der Waals surface area (Å²) < 4.78 is 29.2.